The number of rotatable bonds is 4. The lowest BCUT2D eigenvalue weighted by Crippen LogP contribution is -2.41. The van der Waals surface area contributed by atoms with Gasteiger partial charge in [0.05, 0.1) is 6.61 Å². The van der Waals surface area contributed by atoms with Gasteiger partial charge in [0.2, 0.25) is 0 Å². The van der Waals surface area contributed by atoms with Gasteiger partial charge in [-0.3, -0.25) is 4.79 Å². The molecule has 0 saturated carbocycles. The van der Waals surface area contributed by atoms with E-state index < -0.39 is 0 Å². The van der Waals surface area contributed by atoms with E-state index in [4.69, 9.17) is 4.74 Å². The first kappa shape index (κ1) is 13.8. The Morgan fingerprint density at radius 2 is 2.00 bits per heavy atom. The number of ether oxygens (including phenoxy) is 1. The molecule has 2 atom stereocenters. The van der Waals surface area contributed by atoms with Crippen LogP contribution in [0.1, 0.15) is 45.4 Å². The molecule has 2 heterocycles. The highest BCUT2D eigenvalue weighted by molar-refractivity contribution is 5.80. The first-order valence-corrected chi connectivity index (χ1v) is 7.41. The molecular formula is C14H26N2O2. The van der Waals surface area contributed by atoms with Gasteiger partial charge >= 0.3 is 0 Å². The van der Waals surface area contributed by atoms with E-state index in [-0.39, 0.29) is 12.0 Å². The molecule has 104 valence electrons. The number of nitrogens with one attached hydrogen (secondary N) is 1. The molecule has 2 aliphatic rings. The molecule has 2 aliphatic heterocycles. The molecular weight excluding hydrogens is 228 g/mol. The summed E-state index contributed by atoms with van der Waals surface area (Å²) in [5, 5.41) is 3.39. The molecule has 0 aromatic carbocycles. The lowest BCUT2D eigenvalue weighted by atomic mass is 10.2. The Bertz CT molecular complexity index is 257. The molecule has 0 bridgehead atoms. The topological polar surface area (TPSA) is 41.6 Å². The minimum atomic E-state index is -0.287. The van der Waals surface area contributed by atoms with Crippen LogP contribution in [0.4, 0.5) is 0 Å². The van der Waals surface area contributed by atoms with Crippen LogP contribution in [0.3, 0.4) is 0 Å². The largest absolute Gasteiger partial charge is 0.367 e. The predicted octanol–water partition coefficient (Wildman–Crippen LogP) is 1.55. The van der Waals surface area contributed by atoms with Gasteiger partial charge in [0, 0.05) is 19.1 Å². The lowest BCUT2D eigenvalue weighted by Gasteiger charge is -2.25. The van der Waals surface area contributed by atoms with Crippen molar-refractivity contribution in [2.75, 3.05) is 26.2 Å². The summed E-state index contributed by atoms with van der Waals surface area (Å²) in [7, 11) is 0. The van der Waals surface area contributed by atoms with Crippen molar-refractivity contribution in [2.24, 2.45) is 0 Å². The number of carbonyl (C=O) groups excluding carboxylic acids is 1. The molecule has 2 rings (SSSR count). The fourth-order valence-corrected chi connectivity index (χ4v) is 2.78. The Kier molecular flexibility index (Phi) is 5.45. The predicted molar refractivity (Wildman–Crippen MR) is 71.5 cm³/mol. The molecule has 0 aromatic rings. The van der Waals surface area contributed by atoms with Gasteiger partial charge in [-0.2, -0.15) is 0 Å². The number of nitrogens with zero attached hydrogens (tertiary/aromatic N) is 1. The van der Waals surface area contributed by atoms with Crippen LogP contribution < -0.4 is 5.32 Å². The average molecular weight is 254 g/mol. The van der Waals surface area contributed by atoms with Crippen molar-refractivity contribution in [2.45, 2.75) is 57.6 Å². The van der Waals surface area contributed by atoms with Gasteiger partial charge in [-0.05, 0) is 39.2 Å². The van der Waals surface area contributed by atoms with Gasteiger partial charge < -0.3 is 15.0 Å². The van der Waals surface area contributed by atoms with E-state index in [2.05, 4.69) is 5.32 Å². The standard InChI is InChI=1S/C14H26N2O2/c1-12(18-11-13-7-6-8-15-13)14(17)16-9-4-2-3-5-10-16/h12-13,15H,2-11H2,1H3. The summed E-state index contributed by atoms with van der Waals surface area (Å²) in [4.78, 5) is 14.2. The normalized spacial score (nSPS) is 26.9. The molecule has 0 radical (unpaired) electrons. The number of carbonyl (C=O) groups is 1. The Morgan fingerprint density at radius 1 is 1.28 bits per heavy atom. The van der Waals surface area contributed by atoms with Crippen molar-refractivity contribution in [3.63, 3.8) is 0 Å². The SMILES string of the molecule is CC(OCC1CCCN1)C(=O)N1CCCCCC1. The van der Waals surface area contributed by atoms with Crippen molar-refractivity contribution in [3.05, 3.63) is 0 Å². The maximum Gasteiger partial charge on any atom is 0.251 e. The fourth-order valence-electron chi connectivity index (χ4n) is 2.78. The van der Waals surface area contributed by atoms with E-state index >= 15 is 0 Å². The van der Waals surface area contributed by atoms with E-state index in [1.165, 1.54) is 25.7 Å². The summed E-state index contributed by atoms with van der Waals surface area (Å²) in [5.74, 6) is 0.176. The van der Waals surface area contributed by atoms with E-state index in [0.717, 1.165) is 32.5 Å². The van der Waals surface area contributed by atoms with E-state index in [1.54, 1.807) is 0 Å². The van der Waals surface area contributed by atoms with Crippen molar-refractivity contribution in [3.8, 4) is 0 Å². The highest BCUT2D eigenvalue weighted by Crippen LogP contribution is 2.12. The Hall–Kier alpha value is -0.610. The van der Waals surface area contributed by atoms with Gasteiger partial charge in [-0.25, -0.2) is 0 Å². The van der Waals surface area contributed by atoms with Gasteiger partial charge in [0.1, 0.15) is 6.10 Å². The highest BCUT2D eigenvalue weighted by Gasteiger charge is 2.23. The van der Waals surface area contributed by atoms with Crippen LogP contribution in [0.2, 0.25) is 0 Å². The number of hydrogen-bond acceptors (Lipinski definition) is 3. The minimum absolute atomic E-state index is 0.176. The zero-order valence-corrected chi connectivity index (χ0v) is 11.5. The number of hydrogen-bond donors (Lipinski definition) is 1. The molecule has 1 amide bonds. The third kappa shape index (κ3) is 3.95. The lowest BCUT2D eigenvalue weighted by molar-refractivity contribution is -0.142. The Balaban J connectivity index is 1.72. The van der Waals surface area contributed by atoms with Crippen LogP contribution in [0.25, 0.3) is 0 Å². The maximum absolute atomic E-state index is 12.2. The summed E-state index contributed by atoms with van der Waals surface area (Å²) < 4.78 is 5.73. The molecule has 4 heteroatoms. The molecule has 2 unspecified atom stereocenters. The first-order chi connectivity index (χ1) is 8.77. The van der Waals surface area contributed by atoms with Crippen molar-refractivity contribution < 1.29 is 9.53 Å². The summed E-state index contributed by atoms with van der Waals surface area (Å²) in [6.45, 7) is 5.47. The molecule has 0 aliphatic carbocycles. The maximum atomic E-state index is 12.2. The van der Waals surface area contributed by atoms with E-state index in [1.807, 2.05) is 11.8 Å². The molecule has 4 nitrogen and oxygen atoms in total. The molecule has 2 saturated heterocycles. The van der Waals surface area contributed by atoms with Crippen LogP contribution in [0, 0.1) is 0 Å². The summed E-state index contributed by atoms with van der Waals surface area (Å²) in [6.07, 6.45) is 6.90. The molecule has 2 fully saturated rings. The van der Waals surface area contributed by atoms with Crippen LogP contribution in [0.15, 0.2) is 0 Å². The van der Waals surface area contributed by atoms with Gasteiger partial charge in [-0.1, -0.05) is 12.8 Å². The van der Waals surface area contributed by atoms with Crippen molar-refractivity contribution >= 4 is 5.91 Å². The summed E-state index contributed by atoms with van der Waals surface area (Å²) in [5.41, 5.74) is 0. The third-order valence-corrected chi connectivity index (χ3v) is 3.98. The smallest absolute Gasteiger partial charge is 0.251 e. The second-order valence-electron chi connectivity index (χ2n) is 5.51. The van der Waals surface area contributed by atoms with Crippen molar-refractivity contribution in [1.29, 1.82) is 0 Å². The molecule has 1 N–H and O–H groups in total. The van der Waals surface area contributed by atoms with Gasteiger partial charge in [-0.15, -0.1) is 0 Å². The number of amides is 1. The van der Waals surface area contributed by atoms with E-state index in [9.17, 15) is 4.79 Å². The molecule has 18 heavy (non-hydrogen) atoms. The minimum Gasteiger partial charge on any atom is -0.367 e. The molecule has 0 spiro atoms. The van der Waals surface area contributed by atoms with E-state index in [0.29, 0.717) is 12.6 Å². The first-order valence-electron chi connectivity index (χ1n) is 7.41. The zero-order valence-electron chi connectivity index (χ0n) is 11.5. The third-order valence-electron chi connectivity index (χ3n) is 3.98. The average Bonchev–Trinajstić information content (AvgIpc) is 2.75. The Labute approximate surface area is 110 Å². The van der Waals surface area contributed by atoms with Crippen molar-refractivity contribution in [1.82, 2.24) is 10.2 Å². The van der Waals surface area contributed by atoms with Crippen LogP contribution in [-0.2, 0) is 9.53 Å². The highest BCUT2D eigenvalue weighted by atomic mass is 16.5. The molecule has 0 aromatic heterocycles. The van der Waals surface area contributed by atoms with Gasteiger partial charge in [0.25, 0.3) is 5.91 Å². The van der Waals surface area contributed by atoms with Gasteiger partial charge in [0.15, 0.2) is 0 Å². The van der Waals surface area contributed by atoms with Crippen LogP contribution in [-0.4, -0.2) is 49.2 Å². The summed E-state index contributed by atoms with van der Waals surface area (Å²) in [6, 6.07) is 0.449. The monoisotopic (exact) mass is 254 g/mol. The Morgan fingerprint density at radius 3 is 2.61 bits per heavy atom. The number of likely N-dealkylation sites (tertiary alicyclic amines) is 1. The second-order valence-corrected chi connectivity index (χ2v) is 5.51. The zero-order chi connectivity index (χ0) is 12.8. The fraction of sp³-hybridized carbons (Fsp3) is 0.929. The quantitative estimate of drug-likeness (QED) is 0.827. The van der Waals surface area contributed by atoms with Crippen LogP contribution >= 0.6 is 0 Å². The summed E-state index contributed by atoms with van der Waals surface area (Å²) >= 11 is 0. The van der Waals surface area contributed by atoms with Crippen LogP contribution in [0.5, 0.6) is 0 Å². The second kappa shape index (κ2) is 7.10.